The molecule has 0 atom stereocenters. The number of aryl methyl sites for hydroxylation is 1. The molecule has 110 valence electrons. The summed E-state index contributed by atoms with van der Waals surface area (Å²) in [4.78, 5) is 11.9. The highest BCUT2D eigenvalue weighted by Crippen LogP contribution is 2.16. The highest BCUT2D eigenvalue weighted by Gasteiger charge is 2.05. The summed E-state index contributed by atoms with van der Waals surface area (Å²) < 4.78 is 2.02. The maximum atomic E-state index is 11.9. The number of amides is 1. The van der Waals surface area contributed by atoms with E-state index in [2.05, 4.69) is 10.5 Å². The fraction of sp³-hybridized carbons (Fsp3) is 0.0588. The molecule has 1 heterocycles. The third-order valence-corrected chi connectivity index (χ3v) is 3.71. The number of hydrogen-bond donors (Lipinski definition) is 1. The Morgan fingerprint density at radius 1 is 1.18 bits per heavy atom. The molecule has 1 aromatic heterocycles. The van der Waals surface area contributed by atoms with Gasteiger partial charge < -0.3 is 4.57 Å². The standard InChI is InChI=1S/C17H14ClN3O/c1-21-15(10-13-4-2-3-5-16(13)21)11-19-20-17(22)12-6-8-14(18)9-7-12/h2-11H,1H3,(H,20,22). The maximum absolute atomic E-state index is 11.9. The third-order valence-electron chi connectivity index (χ3n) is 3.46. The molecule has 0 radical (unpaired) electrons. The smallest absolute Gasteiger partial charge is 0.271 e. The van der Waals surface area contributed by atoms with Crippen LogP contribution in [0.1, 0.15) is 16.1 Å². The average Bonchev–Trinajstić information content (AvgIpc) is 2.85. The van der Waals surface area contributed by atoms with Gasteiger partial charge in [0.25, 0.3) is 5.91 Å². The van der Waals surface area contributed by atoms with Crippen LogP contribution in [-0.2, 0) is 7.05 Å². The summed E-state index contributed by atoms with van der Waals surface area (Å²) >= 11 is 5.79. The summed E-state index contributed by atoms with van der Waals surface area (Å²) in [6, 6.07) is 16.7. The maximum Gasteiger partial charge on any atom is 0.271 e. The van der Waals surface area contributed by atoms with Gasteiger partial charge in [0.15, 0.2) is 0 Å². The third kappa shape index (κ3) is 2.87. The monoisotopic (exact) mass is 311 g/mol. The Balaban J connectivity index is 1.74. The lowest BCUT2D eigenvalue weighted by molar-refractivity contribution is 0.0955. The second-order valence-corrected chi connectivity index (χ2v) is 5.33. The van der Waals surface area contributed by atoms with Gasteiger partial charge >= 0.3 is 0 Å². The first-order valence-electron chi connectivity index (χ1n) is 6.78. The van der Waals surface area contributed by atoms with E-state index in [-0.39, 0.29) is 5.91 Å². The first-order chi connectivity index (χ1) is 10.6. The number of fused-ring (bicyclic) bond motifs is 1. The molecule has 2 aromatic carbocycles. The number of nitrogens with one attached hydrogen (secondary N) is 1. The lowest BCUT2D eigenvalue weighted by atomic mass is 10.2. The van der Waals surface area contributed by atoms with Gasteiger partial charge in [0, 0.05) is 28.5 Å². The van der Waals surface area contributed by atoms with Gasteiger partial charge in [0.1, 0.15) is 0 Å². The number of nitrogens with zero attached hydrogens (tertiary/aromatic N) is 2. The van der Waals surface area contributed by atoms with Gasteiger partial charge in [-0.2, -0.15) is 5.10 Å². The van der Waals surface area contributed by atoms with Gasteiger partial charge in [-0.1, -0.05) is 29.8 Å². The van der Waals surface area contributed by atoms with E-state index in [1.54, 1.807) is 30.5 Å². The summed E-state index contributed by atoms with van der Waals surface area (Å²) in [5, 5.41) is 5.75. The highest BCUT2D eigenvalue weighted by molar-refractivity contribution is 6.30. The molecule has 1 N–H and O–H groups in total. The van der Waals surface area contributed by atoms with Crippen molar-refractivity contribution in [3.63, 3.8) is 0 Å². The Morgan fingerprint density at radius 3 is 2.64 bits per heavy atom. The lowest BCUT2D eigenvalue weighted by Gasteiger charge is -2.01. The largest absolute Gasteiger partial charge is 0.343 e. The molecule has 0 aliphatic heterocycles. The van der Waals surface area contributed by atoms with Crippen LogP contribution >= 0.6 is 11.6 Å². The van der Waals surface area contributed by atoms with Crippen molar-refractivity contribution in [1.29, 1.82) is 0 Å². The van der Waals surface area contributed by atoms with Crippen molar-refractivity contribution in [3.05, 3.63) is 70.9 Å². The number of hydrazone groups is 1. The Labute approximate surface area is 133 Å². The number of rotatable bonds is 3. The normalized spacial score (nSPS) is 11.2. The second-order valence-electron chi connectivity index (χ2n) is 4.89. The second kappa shape index (κ2) is 6.03. The molecule has 0 unspecified atom stereocenters. The molecular formula is C17H14ClN3O. The van der Waals surface area contributed by atoms with Gasteiger partial charge in [-0.15, -0.1) is 0 Å². The van der Waals surface area contributed by atoms with Gasteiger partial charge in [0.2, 0.25) is 0 Å². The van der Waals surface area contributed by atoms with Crippen LogP contribution < -0.4 is 5.43 Å². The van der Waals surface area contributed by atoms with Crippen molar-refractivity contribution in [2.45, 2.75) is 0 Å². The zero-order valence-electron chi connectivity index (χ0n) is 12.0. The van der Waals surface area contributed by atoms with Crippen LogP contribution in [0.25, 0.3) is 10.9 Å². The van der Waals surface area contributed by atoms with E-state index in [0.717, 1.165) is 16.6 Å². The first kappa shape index (κ1) is 14.4. The molecule has 0 bridgehead atoms. The van der Waals surface area contributed by atoms with Gasteiger partial charge in [0.05, 0.1) is 11.9 Å². The minimum absolute atomic E-state index is 0.272. The van der Waals surface area contributed by atoms with Crippen molar-refractivity contribution in [3.8, 4) is 0 Å². The van der Waals surface area contributed by atoms with Crippen molar-refractivity contribution in [2.75, 3.05) is 0 Å². The fourth-order valence-electron chi connectivity index (χ4n) is 2.26. The number of carbonyl (C=O) groups excluding carboxylic acids is 1. The number of para-hydroxylation sites is 1. The molecule has 4 nitrogen and oxygen atoms in total. The minimum atomic E-state index is -0.272. The number of hydrogen-bond acceptors (Lipinski definition) is 2. The summed E-state index contributed by atoms with van der Waals surface area (Å²) in [6.45, 7) is 0. The Morgan fingerprint density at radius 2 is 1.91 bits per heavy atom. The van der Waals surface area contributed by atoms with Crippen LogP contribution in [0.5, 0.6) is 0 Å². The molecule has 0 spiro atoms. The van der Waals surface area contributed by atoms with Crippen LogP contribution in [0.3, 0.4) is 0 Å². The van der Waals surface area contributed by atoms with Gasteiger partial charge in [-0.25, -0.2) is 5.43 Å². The van der Waals surface area contributed by atoms with E-state index in [1.807, 2.05) is 41.9 Å². The Kier molecular flexibility index (Phi) is 3.94. The minimum Gasteiger partial charge on any atom is -0.343 e. The van der Waals surface area contributed by atoms with Crippen molar-refractivity contribution < 1.29 is 4.79 Å². The molecule has 0 saturated carbocycles. The van der Waals surface area contributed by atoms with Gasteiger partial charge in [-0.05, 0) is 36.4 Å². The van der Waals surface area contributed by atoms with Crippen molar-refractivity contribution in [2.24, 2.45) is 12.1 Å². The molecule has 3 aromatic rings. The van der Waals surface area contributed by atoms with Crippen LogP contribution in [0.4, 0.5) is 0 Å². The van der Waals surface area contributed by atoms with Crippen LogP contribution in [0.15, 0.2) is 59.7 Å². The first-order valence-corrected chi connectivity index (χ1v) is 7.16. The van der Waals surface area contributed by atoms with E-state index < -0.39 is 0 Å². The Bertz CT molecular complexity index is 850. The zero-order chi connectivity index (χ0) is 15.5. The summed E-state index contributed by atoms with van der Waals surface area (Å²) in [7, 11) is 1.96. The molecule has 0 fully saturated rings. The molecule has 3 rings (SSSR count). The number of halogens is 1. The average molecular weight is 312 g/mol. The molecular weight excluding hydrogens is 298 g/mol. The SMILES string of the molecule is Cn1c(C=NNC(=O)c2ccc(Cl)cc2)cc2ccccc21. The summed E-state index contributed by atoms with van der Waals surface area (Å²) in [6.07, 6.45) is 1.63. The quantitative estimate of drug-likeness (QED) is 0.583. The molecule has 0 saturated heterocycles. The van der Waals surface area contributed by atoms with Crippen molar-refractivity contribution in [1.82, 2.24) is 9.99 Å². The molecule has 0 aliphatic carbocycles. The van der Waals surface area contributed by atoms with Crippen LogP contribution in [0.2, 0.25) is 5.02 Å². The van der Waals surface area contributed by atoms with Gasteiger partial charge in [-0.3, -0.25) is 4.79 Å². The Hall–Kier alpha value is -2.59. The van der Waals surface area contributed by atoms with E-state index in [4.69, 9.17) is 11.6 Å². The fourth-order valence-corrected chi connectivity index (χ4v) is 2.38. The van der Waals surface area contributed by atoms with E-state index in [9.17, 15) is 4.79 Å². The lowest BCUT2D eigenvalue weighted by Crippen LogP contribution is -2.17. The van der Waals surface area contributed by atoms with E-state index >= 15 is 0 Å². The topological polar surface area (TPSA) is 46.4 Å². The molecule has 5 heteroatoms. The molecule has 1 amide bonds. The molecule has 22 heavy (non-hydrogen) atoms. The highest BCUT2D eigenvalue weighted by atomic mass is 35.5. The predicted octanol–water partition coefficient (Wildman–Crippen LogP) is 3.60. The van der Waals surface area contributed by atoms with E-state index in [1.165, 1.54) is 0 Å². The molecule has 0 aliphatic rings. The number of carbonyl (C=O) groups is 1. The van der Waals surface area contributed by atoms with Crippen LogP contribution in [-0.4, -0.2) is 16.7 Å². The number of benzene rings is 2. The summed E-state index contributed by atoms with van der Waals surface area (Å²) in [5.74, 6) is -0.272. The number of aromatic nitrogens is 1. The van der Waals surface area contributed by atoms with Crippen LogP contribution in [0, 0.1) is 0 Å². The predicted molar refractivity (Wildman–Crippen MR) is 89.4 cm³/mol. The summed E-state index contributed by atoms with van der Waals surface area (Å²) in [5.41, 5.74) is 5.06. The van der Waals surface area contributed by atoms with Crippen molar-refractivity contribution >= 4 is 34.6 Å². The zero-order valence-corrected chi connectivity index (χ0v) is 12.7. The van der Waals surface area contributed by atoms with E-state index in [0.29, 0.717) is 10.6 Å².